The van der Waals surface area contributed by atoms with Crippen LogP contribution in [0, 0.1) is 36.3 Å². The highest BCUT2D eigenvalue weighted by atomic mass is 16.6. The highest BCUT2D eigenvalue weighted by Crippen LogP contribution is 2.37. The summed E-state index contributed by atoms with van der Waals surface area (Å²) in [6.45, 7) is 5.66. The summed E-state index contributed by atoms with van der Waals surface area (Å²) in [7, 11) is 3.85. The molecule has 184 valence electrons. The maximum absolute atomic E-state index is 11.1. The van der Waals surface area contributed by atoms with Crippen LogP contribution in [0.2, 0.25) is 0 Å². The van der Waals surface area contributed by atoms with E-state index in [-0.39, 0.29) is 5.75 Å². The topological polar surface area (TPSA) is 186 Å². The normalized spacial score (nSPS) is 16.7. The summed E-state index contributed by atoms with van der Waals surface area (Å²) in [5.41, 5.74) is -0.633. The van der Waals surface area contributed by atoms with Crippen molar-refractivity contribution in [3.63, 3.8) is 0 Å². The van der Waals surface area contributed by atoms with Crippen molar-refractivity contribution in [2.75, 3.05) is 20.7 Å². The van der Waals surface area contributed by atoms with Gasteiger partial charge in [-0.1, -0.05) is 13.8 Å². The molecule has 0 bridgehead atoms. The number of phenolic OH excluding ortho intramolecular Hbond substituents is 1. The molecule has 0 amide bonds. The zero-order valence-corrected chi connectivity index (χ0v) is 19.1. The van der Waals surface area contributed by atoms with Gasteiger partial charge in [0, 0.05) is 18.4 Å². The first-order chi connectivity index (χ1) is 15.9. The number of nitrogens with zero attached hydrogens (tertiary/aromatic N) is 3. The lowest BCUT2D eigenvalue weighted by molar-refractivity contribution is -0.915. The Labute approximate surface area is 194 Å². The number of phenols is 1. The number of benzene rings is 2. The number of quaternary nitrogens is 1. The van der Waals surface area contributed by atoms with Gasteiger partial charge in [0.25, 0.3) is 17.1 Å². The largest absolute Gasteiger partial charge is 0.863 e. The van der Waals surface area contributed by atoms with Crippen LogP contribution in [0.4, 0.5) is 17.1 Å². The predicted octanol–water partition coefficient (Wildman–Crippen LogP) is 2.04. The SMILES string of the molecule is COc1cc2c(cc1O)C(CC(C)C)[NH+](C)CC2.O=[N+]([O-])c1cc([N+](=O)[O-])c([O-])c([N+](=O)[O-])c1. The van der Waals surface area contributed by atoms with Gasteiger partial charge in [-0.2, -0.15) is 0 Å². The third kappa shape index (κ3) is 5.86. The molecule has 1 aliphatic rings. The molecule has 1 heterocycles. The van der Waals surface area contributed by atoms with E-state index in [1.807, 2.05) is 12.1 Å². The molecule has 13 heteroatoms. The summed E-state index contributed by atoms with van der Waals surface area (Å²) in [5.74, 6) is 0.0667. The molecule has 0 aliphatic carbocycles. The maximum Gasteiger partial charge on any atom is 0.283 e. The van der Waals surface area contributed by atoms with E-state index in [0.717, 1.165) is 19.4 Å². The Morgan fingerprint density at radius 1 is 1.06 bits per heavy atom. The van der Waals surface area contributed by atoms with Crippen molar-refractivity contribution < 1.29 is 34.6 Å². The number of nitro benzene ring substituents is 3. The van der Waals surface area contributed by atoms with E-state index in [1.54, 1.807) is 12.0 Å². The standard InChI is InChI=1S/C15H23NO2.C6H3N3O7/c1-10(2)7-13-12-9-14(17)15(18-4)8-11(12)5-6-16(13)3;10-6-4(8(13)14)1-3(7(11)12)2-5(6)9(15)16/h8-10,13,17H,5-7H2,1-4H3;1-2,10H. The van der Waals surface area contributed by atoms with Crippen molar-refractivity contribution in [3.05, 3.63) is 65.7 Å². The van der Waals surface area contributed by atoms with Gasteiger partial charge in [-0.15, -0.1) is 0 Å². The van der Waals surface area contributed by atoms with Gasteiger partial charge in [-0.25, -0.2) is 0 Å². The smallest absolute Gasteiger partial charge is 0.283 e. The third-order valence-electron chi connectivity index (χ3n) is 5.55. The Balaban J connectivity index is 0.000000242. The van der Waals surface area contributed by atoms with Gasteiger partial charge in [-0.05, 0) is 23.6 Å². The second-order valence-electron chi connectivity index (χ2n) is 8.34. The zero-order chi connectivity index (χ0) is 25.7. The monoisotopic (exact) mass is 478 g/mol. The summed E-state index contributed by atoms with van der Waals surface area (Å²) in [4.78, 5) is 29.1. The van der Waals surface area contributed by atoms with Gasteiger partial charge in [-0.3, -0.25) is 30.3 Å². The average Bonchev–Trinajstić information content (AvgIpc) is 2.75. The molecule has 0 fully saturated rings. The van der Waals surface area contributed by atoms with E-state index in [2.05, 4.69) is 20.9 Å². The first-order valence-electron chi connectivity index (χ1n) is 10.4. The summed E-state index contributed by atoms with van der Waals surface area (Å²) in [6.07, 6.45) is 2.22. The van der Waals surface area contributed by atoms with E-state index in [4.69, 9.17) is 4.74 Å². The molecule has 2 atom stereocenters. The minimum Gasteiger partial charge on any atom is -0.863 e. The number of nitrogens with one attached hydrogen (secondary N) is 1. The molecule has 3 rings (SSSR count). The molecule has 0 aromatic heterocycles. The van der Waals surface area contributed by atoms with Crippen molar-refractivity contribution in [2.24, 2.45) is 5.92 Å². The molecule has 13 nitrogen and oxygen atoms in total. The number of fused-ring (bicyclic) bond motifs is 1. The van der Waals surface area contributed by atoms with Crippen LogP contribution in [0.5, 0.6) is 17.2 Å². The molecule has 0 radical (unpaired) electrons. The number of hydrogen-bond donors (Lipinski definition) is 2. The number of non-ortho nitro benzene ring substituents is 1. The number of ether oxygens (including phenoxy) is 1. The Morgan fingerprint density at radius 3 is 2.06 bits per heavy atom. The maximum atomic E-state index is 11.1. The molecule has 34 heavy (non-hydrogen) atoms. The fourth-order valence-electron chi connectivity index (χ4n) is 3.86. The Bertz CT molecular complexity index is 1070. The first-order valence-corrected chi connectivity index (χ1v) is 10.4. The van der Waals surface area contributed by atoms with Crippen LogP contribution in [-0.2, 0) is 6.42 Å². The van der Waals surface area contributed by atoms with Crippen molar-refractivity contribution in [3.8, 4) is 17.2 Å². The van der Waals surface area contributed by atoms with E-state index in [9.17, 15) is 40.6 Å². The molecule has 0 spiro atoms. The Hall–Kier alpha value is -4.00. The van der Waals surface area contributed by atoms with E-state index in [0.29, 0.717) is 29.8 Å². The fourth-order valence-corrected chi connectivity index (χ4v) is 3.86. The molecule has 1 aliphatic heterocycles. The molecule has 2 N–H and O–H groups in total. The molecule has 2 aromatic rings. The number of nitro groups is 3. The van der Waals surface area contributed by atoms with Crippen molar-refractivity contribution >= 4 is 17.1 Å². The predicted molar refractivity (Wildman–Crippen MR) is 118 cm³/mol. The lowest BCUT2D eigenvalue weighted by Gasteiger charge is -2.33. The number of rotatable bonds is 6. The van der Waals surface area contributed by atoms with Gasteiger partial charge < -0.3 is 19.8 Å². The van der Waals surface area contributed by atoms with Crippen molar-refractivity contribution in [1.82, 2.24) is 0 Å². The number of aromatic hydroxyl groups is 1. The first kappa shape index (κ1) is 26.3. The van der Waals surface area contributed by atoms with E-state index in [1.165, 1.54) is 11.1 Å². The molecule has 2 unspecified atom stereocenters. The summed E-state index contributed by atoms with van der Waals surface area (Å²) < 4.78 is 5.20. The second kappa shape index (κ2) is 10.7. The third-order valence-corrected chi connectivity index (χ3v) is 5.55. The number of hydrogen-bond acceptors (Lipinski definition) is 9. The lowest BCUT2D eigenvalue weighted by atomic mass is 9.87. The molecular weight excluding hydrogens is 452 g/mol. The average molecular weight is 478 g/mol. The summed E-state index contributed by atoms with van der Waals surface area (Å²) in [5, 5.41) is 52.1. The Morgan fingerprint density at radius 2 is 1.62 bits per heavy atom. The van der Waals surface area contributed by atoms with Crippen LogP contribution in [0.1, 0.15) is 37.4 Å². The fraction of sp³-hybridized carbons (Fsp3) is 0.429. The lowest BCUT2D eigenvalue weighted by Crippen LogP contribution is -3.10. The quantitative estimate of drug-likeness (QED) is 0.462. The highest BCUT2D eigenvalue weighted by Gasteiger charge is 2.30. The minimum atomic E-state index is -1.46. The number of likely N-dealkylation sites (N-methyl/N-ethyl adjacent to an activating group) is 1. The zero-order valence-electron chi connectivity index (χ0n) is 19.1. The van der Waals surface area contributed by atoms with Crippen LogP contribution < -0.4 is 14.7 Å². The highest BCUT2D eigenvalue weighted by molar-refractivity contribution is 5.64. The van der Waals surface area contributed by atoms with Gasteiger partial charge >= 0.3 is 0 Å². The van der Waals surface area contributed by atoms with Gasteiger partial charge in [0.05, 0.1) is 53.4 Å². The van der Waals surface area contributed by atoms with Crippen molar-refractivity contribution in [2.45, 2.75) is 32.7 Å². The van der Waals surface area contributed by atoms with Crippen LogP contribution >= 0.6 is 0 Å². The second-order valence-corrected chi connectivity index (χ2v) is 8.34. The van der Waals surface area contributed by atoms with Crippen molar-refractivity contribution in [1.29, 1.82) is 0 Å². The van der Waals surface area contributed by atoms with Crippen LogP contribution in [0.3, 0.4) is 0 Å². The van der Waals surface area contributed by atoms with Crippen LogP contribution in [0.25, 0.3) is 0 Å². The van der Waals surface area contributed by atoms with Gasteiger partial charge in [0.15, 0.2) is 11.5 Å². The molecule has 0 saturated heterocycles. The Kier molecular flexibility index (Phi) is 8.30. The molecule has 2 aromatic carbocycles. The molecular formula is C21H26N4O9. The van der Waals surface area contributed by atoms with E-state index < -0.39 is 37.6 Å². The molecule has 0 saturated carbocycles. The van der Waals surface area contributed by atoms with Gasteiger partial charge in [0.2, 0.25) is 0 Å². The van der Waals surface area contributed by atoms with Gasteiger partial charge in [0.1, 0.15) is 6.04 Å². The van der Waals surface area contributed by atoms with Crippen LogP contribution in [0.15, 0.2) is 24.3 Å². The van der Waals surface area contributed by atoms with Crippen LogP contribution in [-0.4, -0.2) is 40.6 Å². The minimum absolute atomic E-state index is 0.264. The van der Waals surface area contributed by atoms with E-state index >= 15 is 0 Å². The number of methoxy groups -OCH3 is 1. The summed E-state index contributed by atoms with van der Waals surface area (Å²) >= 11 is 0. The summed E-state index contributed by atoms with van der Waals surface area (Å²) in [6, 6.07) is 5.17.